The number of benzene rings is 1. The van der Waals surface area contributed by atoms with E-state index in [2.05, 4.69) is 33.7 Å². The summed E-state index contributed by atoms with van der Waals surface area (Å²) in [6.45, 7) is 7.09. The number of aryl methyl sites for hydroxylation is 2. The van der Waals surface area contributed by atoms with Gasteiger partial charge in [-0.05, 0) is 32.4 Å². The number of amides is 2. The van der Waals surface area contributed by atoms with E-state index in [1.807, 2.05) is 19.9 Å². The molecule has 8 nitrogen and oxygen atoms in total. The Balaban J connectivity index is 1.82. The van der Waals surface area contributed by atoms with E-state index in [-0.39, 0.29) is 18.0 Å². The Morgan fingerprint density at radius 1 is 1.33 bits per heavy atom. The highest BCUT2D eigenvalue weighted by Crippen LogP contribution is 2.44. The van der Waals surface area contributed by atoms with Crippen LogP contribution in [-0.4, -0.2) is 64.7 Å². The summed E-state index contributed by atoms with van der Waals surface area (Å²) in [7, 11) is 5.06. The largest absolute Gasteiger partial charge is 0.496 e. The van der Waals surface area contributed by atoms with Crippen molar-refractivity contribution in [1.82, 2.24) is 24.3 Å². The molecule has 33 heavy (non-hydrogen) atoms. The number of urea groups is 1. The SMILES string of the molecule is COc1c(C(C)n2cc(C)c3c(C)ncnc32)cc(Cl)c(C#N)c1C1CN(C(=O)N(C)C)C1. The molecular formula is C24H27ClN6O2. The van der Waals surface area contributed by atoms with Gasteiger partial charge in [-0.3, -0.25) is 0 Å². The van der Waals surface area contributed by atoms with Crippen molar-refractivity contribution in [2.45, 2.75) is 32.7 Å². The lowest BCUT2D eigenvalue weighted by atomic mass is 9.85. The minimum Gasteiger partial charge on any atom is -0.496 e. The Kier molecular flexibility index (Phi) is 5.93. The lowest BCUT2D eigenvalue weighted by Crippen LogP contribution is -2.52. The van der Waals surface area contributed by atoms with Crippen molar-refractivity contribution in [3.63, 3.8) is 0 Å². The molecule has 1 atom stereocenters. The molecular weight excluding hydrogens is 440 g/mol. The number of halogens is 1. The van der Waals surface area contributed by atoms with Crippen molar-refractivity contribution in [2.75, 3.05) is 34.3 Å². The van der Waals surface area contributed by atoms with Crippen LogP contribution in [0.4, 0.5) is 4.79 Å². The first kappa shape index (κ1) is 22.9. The number of aromatic nitrogens is 3. The summed E-state index contributed by atoms with van der Waals surface area (Å²) in [6, 6.07) is 3.85. The zero-order chi connectivity index (χ0) is 24.0. The van der Waals surface area contributed by atoms with E-state index in [1.54, 1.807) is 37.3 Å². The predicted octanol–water partition coefficient (Wildman–Crippen LogP) is 4.27. The smallest absolute Gasteiger partial charge is 0.319 e. The van der Waals surface area contributed by atoms with Crippen LogP contribution in [0.5, 0.6) is 5.75 Å². The maximum absolute atomic E-state index is 12.3. The highest BCUT2D eigenvalue weighted by molar-refractivity contribution is 6.32. The molecule has 3 aromatic rings. The third-order valence-corrected chi connectivity index (χ3v) is 6.71. The number of methoxy groups -OCH3 is 1. The van der Waals surface area contributed by atoms with Crippen molar-refractivity contribution < 1.29 is 9.53 Å². The van der Waals surface area contributed by atoms with E-state index in [0.717, 1.165) is 33.4 Å². The van der Waals surface area contributed by atoms with Crippen LogP contribution in [0.25, 0.3) is 11.0 Å². The van der Waals surface area contributed by atoms with Gasteiger partial charge in [0.15, 0.2) is 0 Å². The summed E-state index contributed by atoms with van der Waals surface area (Å²) in [6.07, 6.45) is 3.63. The number of hydrogen-bond acceptors (Lipinski definition) is 5. The van der Waals surface area contributed by atoms with Crippen LogP contribution in [0.3, 0.4) is 0 Å². The second kappa shape index (κ2) is 8.56. The summed E-state index contributed by atoms with van der Waals surface area (Å²) in [5.74, 6) is 0.603. The Morgan fingerprint density at radius 2 is 2.03 bits per heavy atom. The van der Waals surface area contributed by atoms with Crippen LogP contribution in [0, 0.1) is 25.2 Å². The van der Waals surface area contributed by atoms with Gasteiger partial charge in [0.2, 0.25) is 0 Å². The molecule has 172 valence electrons. The van der Waals surface area contributed by atoms with Crippen LogP contribution in [0.1, 0.15) is 46.8 Å². The standard InChI is InChI=1S/C24H27ClN6O2/c1-13-9-31(23-20(13)14(2)27-12-28-23)15(3)17-7-19(25)18(8-26)21(22(17)33-6)16-10-30(11-16)24(32)29(4)5/h7,9,12,15-16H,10-11H2,1-6H3. The zero-order valence-corrected chi connectivity index (χ0v) is 20.4. The van der Waals surface area contributed by atoms with E-state index in [9.17, 15) is 10.1 Å². The van der Waals surface area contributed by atoms with E-state index < -0.39 is 0 Å². The average molecular weight is 467 g/mol. The van der Waals surface area contributed by atoms with Crippen LogP contribution in [-0.2, 0) is 0 Å². The Labute approximate surface area is 198 Å². The normalized spacial score (nSPS) is 14.7. The van der Waals surface area contributed by atoms with Gasteiger partial charge in [-0.15, -0.1) is 0 Å². The highest BCUT2D eigenvalue weighted by Gasteiger charge is 2.38. The minimum absolute atomic E-state index is 0.0316. The van der Waals surface area contributed by atoms with Crippen molar-refractivity contribution in [3.8, 4) is 11.8 Å². The molecule has 1 unspecified atom stereocenters. The number of nitriles is 1. The molecule has 1 fully saturated rings. The summed E-state index contributed by atoms with van der Waals surface area (Å²) in [5, 5.41) is 11.3. The van der Waals surface area contributed by atoms with Crippen LogP contribution < -0.4 is 4.74 Å². The van der Waals surface area contributed by atoms with E-state index in [4.69, 9.17) is 16.3 Å². The zero-order valence-electron chi connectivity index (χ0n) is 19.7. The monoisotopic (exact) mass is 466 g/mol. The molecule has 1 saturated heterocycles. The highest BCUT2D eigenvalue weighted by atomic mass is 35.5. The van der Waals surface area contributed by atoms with Crippen LogP contribution >= 0.6 is 11.6 Å². The molecule has 0 N–H and O–H groups in total. The molecule has 0 spiro atoms. The number of rotatable bonds is 4. The van der Waals surface area contributed by atoms with Gasteiger partial charge in [-0.25, -0.2) is 14.8 Å². The molecule has 0 aliphatic carbocycles. The van der Waals surface area contributed by atoms with Gasteiger partial charge in [0.25, 0.3) is 0 Å². The molecule has 1 aliphatic rings. The second-order valence-electron chi connectivity index (χ2n) is 8.71. The quantitative estimate of drug-likeness (QED) is 0.573. The number of ether oxygens (including phenoxy) is 1. The fraction of sp³-hybridized carbons (Fsp3) is 0.417. The van der Waals surface area contributed by atoms with Gasteiger partial charge < -0.3 is 19.1 Å². The topological polar surface area (TPSA) is 87.3 Å². The molecule has 3 heterocycles. The molecule has 0 radical (unpaired) electrons. The van der Waals surface area contributed by atoms with Gasteiger partial charge in [-0.1, -0.05) is 11.6 Å². The average Bonchev–Trinajstić information content (AvgIpc) is 3.09. The number of carbonyl (C=O) groups excluding carboxylic acids is 1. The number of likely N-dealkylation sites (tertiary alicyclic amines) is 1. The number of nitrogens with zero attached hydrogens (tertiary/aromatic N) is 6. The maximum atomic E-state index is 12.3. The molecule has 1 aromatic carbocycles. The maximum Gasteiger partial charge on any atom is 0.319 e. The summed E-state index contributed by atoms with van der Waals surface area (Å²) < 4.78 is 7.98. The van der Waals surface area contributed by atoms with E-state index in [0.29, 0.717) is 29.4 Å². The fourth-order valence-electron chi connectivity index (χ4n) is 4.71. The minimum atomic E-state index is -0.158. The molecule has 4 rings (SSSR count). The number of hydrogen-bond donors (Lipinski definition) is 0. The first-order valence-corrected chi connectivity index (χ1v) is 11.1. The molecule has 0 saturated carbocycles. The first-order valence-electron chi connectivity index (χ1n) is 10.7. The summed E-state index contributed by atoms with van der Waals surface area (Å²) in [5.41, 5.74) is 4.87. The molecule has 1 aliphatic heterocycles. The Bertz CT molecular complexity index is 1290. The Hall–Kier alpha value is -3.31. The van der Waals surface area contributed by atoms with Gasteiger partial charge in [0, 0.05) is 55.8 Å². The van der Waals surface area contributed by atoms with Gasteiger partial charge >= 0.3 is 6.03 Å². The van der Waals surface area contributed by atoms with Crippen molar-refractivity contribution in [1.29, 1.82) is 5.26 Å². The predicted molar refractivity (Wildman–Crippen MR) is 127 cm³/mol. The van der Waals surface area contributed by atoms with Crippen molar-refractivity contribution in [2.24, 2.45) is 0 Å². The third kappa shape index (κ3) is 3.66. The van der Waals surface area contributed by atoms with Gasteiger partial charge in [0.05, 0.1) is 29.4 Å². The van der Waals surface area contributed by atoms with Crippen LogP contribution in [0.15, 0.2) is 18.6 Å². The van der Waals surface area contributed by atoms with E-state index >= 15 is 0 Å². The number of carbonyl (C=O) groups is 1. The molecule has 0 bridgehead atoms. The van der Waals surface area contributed by atoms with Crippen molar-refractivity contribution >= 4 is 28.7 Å². The summed E-state index contributed by atoms with van der Waals surface area (Å²) in [4.78, 5) is 24.5. The molecule has 9 heteroatoms. The first-order chi connectivity index (χ1) is 15.7. The van der Waals surface area contributed by atoms with Gasteiger partial charge in [-0.2, -0.15) is 5.26 Å². The summed E-state index contributed by atoms with van der Waals surface area (Å²) >= 11 is 6.62. The molecule has 2 aromatic heterocycles. The Morgan fingerprint density at radius 3 is 2.64 bits per heavy atom. The third-order valence-electron chi connectivity index (χ3n) is 6.41. The fourth-order valence-corrected chi connectivity index (χ4v) is 4.97. The van der Waals surface area contributed by atoms with E-state index in [1.165, 1.54) is 0 Å². The molecule has 2 amide bonds. The number of fused-ring (bicyclic) bond motifs is 1. The second-order valence-corrected chi connectivity index (χ2v) is 9.12. The van der Waals surface area contributed by atoms with Gasteiger partial charge in [0.1, 0.15) is 23.8 Å². The van der Waals surface area contributed by atoms with Crippen LogP contribution in [0.2, 0.25) is 5.02 Å². The lowest BCUT2D eigenvalue weighted by molar-refractivity contribution is 0.127. The lowest BCUT2D eigenvalue weighted by Gasteiger charge is -2.41. The van der Waals surface area contributed by atoms with Crippen molar-refractivity contribution in [3.05, 3.63) is 51.6 Å².